The molecule has 1 amide bonds. The fraction of sp³-hybridized carbons (Fsp3) is 0. The van der Waals surface area contributed by atoms with Gasteiger partial charge in [0.15, 0.2) is 0 Å². The molecule has 0 radical (unpaired) electrons. The lowest BCUT2D eigenvalue weighted by atomic mass is 10.1. The number of carbonyl (C=O) groups is 2. The van der Waals surface area contributed by atoms with E-state index in [-0.39, 0.29) is 22.5 Å². The summed E-state index contributed by atoms with van der Waals surface area (Å²) in [5.41, 5.74) is 4.39. The zero-order valence-electron chi connectivity index (χ0n) is 14.1. The Hall–Kier alpha value is -3.89. The fourth-order valence-electron chi connectivity index (χ4n) is 2.35. The van der Waals surface area contributed by atoms with Gasteiger partial charge in [-0.05, 0) is 42.0 Å². The van der Waals surface area contributed by atoms with E-state index in [2.05, 4.69) is 0 Å². The Labute approximate surface area is 163 Å². The van der Waals surface area contributed by atoms with E-state index in [0.29, 0.717) is 16.0 Å². The predicted molar refractivity (Wildman–Crippen MR) is 102 cm³/mol. The number of ether oxygens (including phenoxy) is 1. The molecule has 0 atom stereocenters. The van der Waals surface area contributed by atoms with Gasteiger partial charge in [0.25, 0.3) is 5.91 Å². The molecule has 1 aromatic heterocycles. The Balaban J connectivity index is 1.88. The third-order valence-electron chi connectivity index (χ3n) is 3.70. The van der Waals surface area contributed by atoms with Gasteiger partial charge in [-0.15, -0.1) is 0 Å². The average Bonchev–Trinajstić information content (AvgIpc) is 2.66. The van der Waals surface area contributed by atoms with Crippen LogP contribution in [0.1, 0.15) is 15.9 Å². The van der Waals surface area contributed by atoms with Gasteiger partial charge >= 0.3 is 11.6 Å². The van der Waals surface area contributed by atoms with Crippen LogP contribution in [0, 0.1) is 11.3 Å². The van der Waals surface area contributed by atoms with Crippen molar-refractivity contribution in [3.63, 3.8) is 0 Å². The van der Waals surface area contributed by atoms with Crippen molar-refractivity contribution in [2.24, 2.45) is 5.73 Å². The first-order chi connectivity index (χ1) is 13.4. The largest absolute Gasteiger partial charge is 0.422 e. The summed E-state index contributed by atoms with van der Waals surface area (Å²) in [6, 6.07) is 13.8. The molecular formula is C20H11ClN2O5. The van der Waals surface area contributed by atoms with Crippen molar-refractivity contribution in [3.8, 4) is 11.8 Å². The molecule has 1 heterocycles. The number of nitriles is 1. The molecule has 3 aromatic rings. The number of rotatable bonds is 4. The number of benzene rings is 2. The SMILES string of the molecule is N#C/C(=C\c1ccc(Cl)cc1)C(=O)Oc1ccc2cc(C(N)=O)c(=O)oc2c1. The summed E-state index contributed by atoms with van der Waals surface area (Å²) in [6.45, 7) is 0. The maximum Gasteiger partial charge on any atom is 0.354 e. The minimum atomic E-state index is -0.905. The number of nitrogens with zero attached hydrogens (tertiary/aromatic N) is 1. The van der Waals surface area contributed by atoms with Gasteiger partial charge in [0.2, 0.25) is 0 Å². The van der Waals surface area contributed by atoms with Crippen molar-refractivity contribution >= 4 is 40.5 Å². The number of hydrogen-bond donors (Lipinski definition) is 1. The van der Waals surface area contributed by atoms with Gasteiger partial charge in [-0.2, -0.15) is 5.26 Å². The summed E-state index contributed by atoms with van der Waals surface area (Å²) in [4.78, 5) is 35.2. The molecule has 28 heavy (non-hydrogen) atoms. The first-order valence-electron chi connectivity index (χ1n) is 7.84. The zero-order chi connectivity index (χ0) is 20.3. The summed E-state index contributed by atoms with van der Waals surface area (Å²) in [6.07, 6.45) is 1.36. The Bertz CT molecular complexity index is 1220. The summed E-state index contributed by atoms with van der Waals surface area (Å²) >= 11 is 5.80. The second-order valence-electron chi connectivity index (χ2n) is 5.62. The number of carbonyl (C=O) groups excluding carboxylic acids is 2. The Morgan fingerprint density at radius 1 is 1.14 bits per heavy atom. The number of amides is 1. The Morgan fingerprint density at radius 2 is 1.86 bits per heavy atom. The van der Waals surface area contributed by atoms with Crippen molar-refractivity contribution in [1.82, 2.24) is 0 Å². The van der Waals surface area contributed by atoms with Crippen LogP contribution in [0.15, 0.2) is 63.3 Å². The smallest absolute Gasteiger partial charge is 0.354 e. The molecule has 0 aliphatic rings. The van der Waals surface area contributed by atoms with Crippen LogP contribution in [0.5, 0.6) is 5.75 Å². The number of halogens is 1. The molecule has 3 rings (SSSR count). The van der Waals surface area contributed by atoms with Crippen molar-refractivity contribution in [2.75, 3.05) is 0 Å². The van der Waals surface area contributed by atoms with Crippen LogP contribution in [-0.2, 0) is 4.79 Å². The van der Waals surface area contributed by atoms with Crippen LogP contribution in [-0.4, -0.2) is 11.9 Å². The van der Waals surface area contributed by atoms with E-state index in [4.69, 9.17) is 26.5 Å². The van der Waals surface area contributed by atoms with Crippen molar-refractivity contribution in [3.05, 3.63) is 80.7 Å². The highest BCUT2D eigenvalue weighted by molar-refractivity contribution is 6.30. The Morgan fingerprint density at radius 3 is 2.50 bits per heavy atom. The topological polar surface area (TPSA) is 123 Å². The lowest BCUT2D eigenvalue weighted by molar-refractivity contribution is -0.129. The number of nitrogens with two attached hydrogens (primary N) is 1. The first-order valence-corrected chi connectivity index (χ1v) is 8.22. The maximum atomic E-state index is 12.3. The van der Waals surface area contributed by atoms with Crippen LogP contribution >= 0.6 is 11.6 Å². The van der Waals surface area contributed by atoms with Crippen LogP contribution < -0.4 is 16.1 Å². The number of esters is 1. The highest BCUT2D eigenvalue weighted by atomic mass is 35.5. The lowest BCUT2D eigenvalue weighted by Crippen LogP contribution is -2.20. The van der Waals surface area contributed by atoms with Gasteiger partial charge in [-0.25, -0.2) is 9.59 Å². The molecule has 0 spiro atoms. The standard InChI is InChI=1S/C20H11ClN2O5/c21-14-4-1-11(2-5-14)7-13(10-22)19(25)27-15-6-3-12-8-16(18(23)24)20(26)28-17(12)9-15/h1-9H,(H2,23,24)/b13-7+. The summed E-state index contributed by atoms with van der Waals surface area (Å²) in [7, 11) is 0. The van der Waals surface area contributed by atoms with Gasteiger partial charge in [0.05, 0.1) is 0 Å². The van der Waals surface area contributed by atoms with Gasteiger partial charge < -0.3 is 14.9 Å². The first kappa shape index (κ1) is 18.9. The Kier molecular flexibility index (Phi) is 5.25. The number of hydrogen-bond acceptors (Lipinski definition) is 6. The van der Waals surface area contributed by atoms with Crippen LogP contribution in [0.2, 0.25) is 5.02 Å². The average molecular weight is 395 g/mol. The van der Waals surface area contributed by atoms with Crippen LogP contribution in [0.3, 0.4) is 0 Å². The normalized spacial score (nSPS) is 11.1. The summed E-state index contributed by atoms with van der Waals surface area (Å²) in [5.74, 6) is -1.73. The van der Waals surface area contributed by atoms with E-state index < -0.39 is 17.5 Å². The third kappa shape index (κ3) is 4.09. The highest BCUT2D eigenvalue weighted by Crippen LogP contribution is 2.22. The van der Waals surface area contributed by atoms with Crippen LogP contribution in [0.25, 0.3) is 17.0 Å². The molecular weight excluding hydrogens is 384 g/mol. The van der Waals surface area contributed by atoms with E-state index in [1.54, 1.807) is 30.3 Å². The molecule has 0 fully saturated rings. The molecule has 2 N–H and O–H groups in total. The van der Waals surface area contributed by atoms with E-state index in [9.17, 15) is 19.6 Å². The molecule has 0 aliphatic heterocycles. The molecule has 0 unspecified atom stereocenters. The van der Waals surface area contributed by atoms with Crippen LogP contribution in [0.4, 0.5) is 0 Å². The van der Waals surface area contributed by atoms with Gasteiger partial charge in [0, 0.05) is 16.5 Å². The highest BCUT2D eigenvalue weighted by Gasteiger charge is 2.14. The third-order valence-corrected chi connectivity index (χ3v) is 3.96. The molecule has 8 heteroatoms. The molecule has 0 bridgehead atoms. The van der Waals surface area contributed by atoms with Gasteiger partial charge in [-0.1, -0.05) is 23.7 Å². The number of fused-ring (bicyclic) bond motifs is 1. The molecule has 0 aliphatic carbocycles. The van der Waals surface area contributed by atoms with E-state index in [0.717, 1.165) is 0 Å². The van der Waals surface area contributed by atoms with Gasteiger partial charge in [-0.3, -0.25) is 4.79 Å². The fourth-order valence-corrected chi connectivity index (χ4v) is 2.48. The van der Waals surface area contributed by atoms with E-state index in [1.807, 2.05) is 0 Å². The minimum absolute atomic E-state index is 0.0599. The lowest BCUT2D eigenvalue weighted by Gasteiger charge is -2.05. The minimum Gasteiger partial charge on any atom is -0.422 e. The summed E-state index contributed by atoms with van der Waals surface area (Å²) < 4.78 is 10.2. The molecule has 138 valence electrons. The molecule has 0 saturated heterocycles. The zero-order valence-corrected chi connectivity index (χ0v) is 14.9. The van der Waals surface area contributed by atoms with Crippen molar-refractivity contribution in [2.45, 2.75) is 0 Å². The van der Waals surface area contributed by atoms with E-state index >= 15 is 0 Å². The maximum absolute atomic E-state index is 12.3. The van der Waals surface area contributed by atoms with Crippen molar-refractivity contribution < 1.29 is 18.7 Å². The van der Waals surface area contributed by atoms with Crippen molar-refractivity contribution in [1.29, 1.82) is 5.26 Å². The molecule has 0 saturated carbocycles. The predicted octanol–water partition coefficient (Wildman–Crippen LogP) is 3.06. The van der Waals surface area contributed by atoms with Gasteiger partial charge in [0.1, 0.15) is 28.5 Å². The summed E-state index contributed by atoms with van der Waals surface area (Å²) in [5, 5.41) is 10.2. The quantitative estimate of drug-likeness (QED) is 0.238. The molecule has 7 nitrogen and oxygen atoms in total. The monoisotopic (exact) mass is 394 g/mol. The molecule has 2 aromatic carbocycles. The second-order valence-corrected chi connectivity index (χ2v) is 6.06. The second kappa shape index (κ2) is 7.78. The number of primary amides is 1. The van der Waals surface area contributed by atoms with E-state index in [1.165, 1.54) is 30.3 Å².